The number of aryl methyl sites for hydroxylation is 2. The number of aromatic nitrogens is 3. The van der Waals surface area contributed by atoms with Crippen LogP contribution >= 0.6 is 11.9 Å². The predicted octanol–water partition coefficient (Wildman–Crippen LogP) is 2.80. The Morgan fingerprint density at radius 1 is 1.32 bits per heavy atom. The van der Waals surface area contributed by atoms with Gasteiger partial charge in [-0.25, -0.2) is 4.68 Å². The van der Waals surface area contributed by atoms with Gasteiger partial charge >= 0.3 is 6.05 Å². The molecule has 0 fully saturated rings. The lowest BCUT2D eigenvalue weighted by atomic mass is 10.0. The van der Waals surface area contributed by atoms with Crippen molar-refractivity contribution in [1.82, 2.24) is 14.8 Å². The fourth-order valence-electron chi connectivity index (χ4n) is 2.98. The van der Waals surface area contributed by atoms with E-state index in [1.54, 1.807) is 0 Å². The lowest BCUT2D eigenvalue weighted by molar-refractivity contribution is -0.106. The molecule has 2 aromatic heterocycles. The number of carbonyl (C=O) groups is 1. The number of nitrogens with zero attached hydrogens (tertiary/aromatic N) is 3. The van der Waals surface area contributed by atoms with Gasteiger partial charge in [-0.2, -0.15) is 13.9 Å². The van der Waals surface area contributed by atoms with Crippen molar-refractivity contribution < 1.29 is 13.6 Å². The van der Waals surface area contributed by atoms with E-state index in [4.69, 9.17) is 20.7 Å². The summed E-state index contributed by atoms with van der Waals surface area (Å²) in [5, 5.41) is 8.99. The summed E-state index contributed by atoms with van der Waals surface area (Å²) in [5.41, 5.74) is 16.5. The summed E-state index contributed by atoms with van der Waals surface area (Å²) in [7, 11) is 0. The Balaban J connectivity index is 0.000000252. The summed E-state index contributed by atoms with van der Waals surface area (Å²) >= 11 is 0.840. The second-order valence-corrected chi connectivity index (χ2v) is 6.79. The standard InChI is InChI=1S/C12H18N2.C5H7F2N3S.CH3NO/c1-3-8-10(4-2)14-11-7-5-6-9(11)12(8)13;1-5(6,7)10-3-2-4(9-10)11-8;2-1-3/h3-7H2,1-2H3,(H2,13,14);2-3H,8H2,1H3;1H,(H2,2,3). The first kappa shape index (κ1) is 23.8. The Kier molecular flexibility index (Phi) is 9.33. The van der Waals surface area contributed by atoms with E-state index in [0.717, 1.165) is 50.2 Å². The largest absolute Gasteiger partial charge is 0.398 e. The van der Waals surface area contributed by atoms with Gasteiger partial charge in [0.2, 0.25) is 6.41 Å². The smallest absolute Gasteiger partial charge is 0.340 e. The Bertz CT molecular complexity index is 776. The molecule has 7 nitrogen and oxygen atoms in total. The highest BCUT2D eigenvalue weighted by atomic mass is 32.2. The van der Waals surface area contributed by atoms with Gasteiger partial charge in [-0.1, -0.05) is 13.8 Å². The molecule has 2 heterocycles. The van der Waals surface area contributed by atoms with Crippen LogP contribution in [0.1, 0.15) is 49.7 Å². The SMILES string of the molecule is CC(F)(F)n1ccc(SN)n1.CCc1nc2c(c(N)c1CC)CCC2.NC=O. The number of primary amides is 1. The highest BCUT2D eigenvalue weighted by molar-refractivity contribution is 7.97. The van der Waals surface area contributed by atoms with E-state index in [1.165, 1.54) is 41.2 Å². The molecule has 0 saturated carbocycles. The van der Waals surface area contributed by atoms with Gasteiger partial charge in [0.25, 0.3) is 0 Å². The van der Waals surface area contributed by atoms with E-state index in [1.807, 2.05) is 0 Å². The average Bonchev–Trinajstić information content (AvgIpc) is 3.31. The molecule has 1 aliphatic carbocycles. The number of rotatable bonds is 4. The predicted molar refractivity (Wildman–Crippen MR) is 108 cm³/mol. The second-order valence-electron chi connectivity index (χ2n) is 6.13. The molecule has 1 amide bonds. The molecule has 6 N–H and O–H groups in total. The third-order valence-electron chi connectivity index (χ3n) is 4.23. The number of anilines is 1. The number of nitrogens with two attached hydrogens (primary N) is 3. The molecule has 0 saturated heterocycles. The van der Waals surface area contributed by atoms with Gasteiger partial charge in [-0.3, -0.25) is 14.9 Å². The summed E-state index contributed by atoms with van der Waals surface area (Å²) in [6, 6.07) is -1.52. The summed E-state index contributed by atoms with van der Waals surface area (Å²) < 4.78 is 25.5. The molecule has 0 spiro atoms. The monoisotopic (exact) mass is 414 g/mol. The van der Waals surface area contributed by atoms with Gasteiger partial charge in [0.05, 0.1) is 0 Å². The number of hydrogen-bond donors (Lipinski definition) is 3. The number of fused-ring (bicyclic) bond motifs is 1. The van der Waals surface area contributed by atoms with Crippen molar-refractivity contribution in [1.29, 1.82) is 0 Å². The Hall–Kier alpha value is -2.20. The first-order valence-corrected chi connectivity index (χ1v) is 9.86. The fraction of sp³-hybridized carbons (Fsp3) is 0.500. The van der Waals surface area contributed by atoms with Crippen LogP contribution in [0, 0.1) is 0 Å². The maximum atomic E-state index is 12.5. The summed E-state index contributed by atoms with van der Waals surface area (Å²) in [5.74, 6) is 0. The number of amides is 1. The molecule has 1 aliphatic rings. The number of pyridine rings is 1. The van der Waals surface area contributed by atoms with Crippen LogP contribution in [0.2, 0.25) is 0 Å². The van der Waals surface area contributed by atoms with Crippen LogP contribution in [-0.4, -0.2) is 21.2 Å². The molecule has 28 heavy (non-hydrogen) atoms. The van der Waals surface area contributed by atoms with Gasteiger partial charge < -0.3 is 11.5 Å². The zero-order chi connectivity index (χ0) is 21.3. The van der Waals surface area contributed by atoms with Crippen LogP contribution in [0.15, 0.2) is 17.3 Å². The van der Waals surface area contributed by atoms with Gasteiger partial charge in [0.1, 0.15) is 5.03 Å². The van der Waals surface area contributed by atoms with E-state index >= 15 is 0 Å². The first-order valence-electron chi connectivity index (χ1n) is 8.98. The number of nitrogen functional groups attached to an aromatic ring is 1. The minimum absolute atomic E-state index is 0.250. The maximum Gasteiger partial charge on any atom is 0.340 e. The maximum absolute atomic E-state index is 12.5. The van der Waals surface area contributed by atoms with E-state index in [2.05, 4.69) is 24.7 Å². The Morgan fingerprint density at radius 2 is 1.96 bits per heavy atom. The van der Waals surface area contributed by atoms with Crippen molar-refractivity contribution in [3.8, 4) is 0 Å². The molecule has 0 aliphatic heterocycles. The second kappa shape index (κ2) is 11.0. The van der Waals surface area contributed by atoms with E-state index in [0.29, 0.717) is 9.71 Å². The molecule has 2 aromatic rings. The molecule has 0 aromatic carbocycles. The van der Waals surface area contributed by atoms with Gasteiger partial charge in [0.15, 0.2) is 0 Å². The lowest BCUT2D eigenvalue weighted by Crippen LogP contribution is -2.18. The van der Waals surface area contributed by atoms with E-state index in [-0.39, 0.29) is 6.41 Å². The summed E-state index contributed by atoms with van der Waals surface area (Å²) in [6.07, 6.45) is 6.93. The van der Waals surface area contributed by atoms with Crippen molar-refractivity contribution in [3.63, 3.8) is 0 Å². The van der Waals surface area contributed by atoms with Crippen molar-refractivity contribution in [3.05, 3.63) is 34.8 Å². The molecule has 156 valence electrons. The Morgan fingerprint density at radius 3 is 2.39 bits per heavy atom. The Labute approximate surface area is 168 Å². The van der Waals surface area contributed by atoms with Gasteiger partial charge in [0, 0.05) is 30.2 Å². The van der Waals surface area contributed by atoms with E-state index in [9.17, 15) is 8.78 Å². The van der Waals surface area contributed by atoms with Crippen LogP contribution in [0.5, 0.6) is 0 Å². The summed E-state index contributed by atoms with van der Waals surface area (Å²) in [4.78, 5) is 13.3. The van der Waals surface area contributed by atoms with Crippen molar-refractivity contribution in [2.45, 2.75) is 63.9 Å². The van der Waals surface area contributed by atoms with Crippen LogP contribution in [0.4, 0.5) is 14.5 Å². The number of carbonyl (C=O) groups excluding carboxylic acids is 1. The third-order valence-corrected chi connectivity index (χ3v) is 4.69. The van der Waals surface area contributed by atoms with Crippen molar-refractivity contribution in [2.24, 2.45) is 10.9 Å². The average molecular weight is 415 g/mol. The molecule has 0 atom stereocenters. The highest BCUT2D eigenvalue weighted by Crippen LogP contribution is 2.30. The van der Waals surface area contributed by atoms with Crippen molar-refractivity contribution >= 4 is 24.0 Å². The zero-order valence-electron chi connectivity index (χ0n) is 16.4. The molecule has 10 heteroatoms. The highest BCUT2D eigenvalue weighted by Gasteiger charge is 2.24. The zero-order valence-corrected chi connectivity index (χ0v) is 17.2. The molecule has 0 unspecified atom stereocenters. The van der Waals surface area contributed by atoms with E-state index < -0.39 is 6.05 Å². The number of alkyl halides is 2. The third kappa shape index (κ3) is 6.16. The lowest BCUT2D eigenvalue weighted by Gasteiger charge is -2.13. The summed E-state index contributed by atoms with van der Waals surface area (Å²) in [6.45, 7) is 5.08. The van der Waals surface area contributed by atoms with Crippen LogP contribution in [0.25, 0.3) is 0 Å². The minimum atomic E-state index is -2.95. The number of hydrogen-bond acceptors (Lipinski definition) is 6. The molecule has 0 radical (unpaired) electrons. The fourth-order valence-corrected chi connectivity index (χ4v) is 3.26. The van der Waals surface area contributed by atoms with Crippen LogP contribution in [-0.2, 0) is 36.5 Å². The van der Waals surface area contributed by atoms with Crippen LogP contribution in [0.3, 0.4) is 0 Å². The topological polar surface area (TPSA) is 126 Å². The quantitative estimate of drug-likeness (QED) is 0.522. The van der Waals surface area contributed by atoms with Gasteiger partial charge in [-0.15, -0.1) is 0 Å². The molecular weight excluding hydrogens is 386 g/mol. The van der Waals surface area contributed by atoms with Crippen molar-refractivity contribution in [2.75, 3.05) is 5.73 Å². The normalized spacial score (nSPS) is 12.4. The molecule has 0 bridgehead atoms. The first-order chi connectivity index (χ1) is 13.2. The van der Waals surface area contributed by atoms with Crippen LogP contribution < -0.4 is 16.6 Å². The van der Waals surface area contributed by atoms with Gasteiger partial charge in [-0.05, 0) is 61.2 Å². The minimum Gasteiger partial charge on any atom is -0.398 e. The molecule has 3 rings (SSSR count). The molecular formula is C18H28F2N6OS. The number of halogens is 2.